The van der Waals surface area contributed by atoms with Gasteiger partial charge in [-0.1, -0.05) is 18.2 Å². The first-order valence-corrected chi connectivity index (χ1v) is 5.87. The van der Waals surface area contributed by atoms with Gasteiger partial charge in [-0.05, 0) is 11.6 Å². The Hall–Kier alpha value is -2.63. The molecular formula is C13H13N5O. The summed E-state index contributed by atoms with van der Waals surface area (Å²) in [6, 6.07) is 7.47. The van der Waals surface area contributed by atoms with E-state index in [0.29, 0.717) is 23.3 Å². The lowest BCUT2D eigenvalue weighted by Crippen LogP contribution is -2.21. The fourth-order valence-electron chi connectivity index (χ4n) is 2.04. The van der Waals surface area contributed by atoms with E-state index in [1.54, 1.807) is 11.7 Å². The first-order chi connectivity index (χ1) is 9.16. The zero-order chi connectivity index (χ0) is 13.4. The van der Waals surface area contributed by atoms with E-state index in [4.69, 9.17) is 5.73 Å². The summed E-state index contributed by atoms with van der Waals surface area (Å²) in [7, 11) is 1.76. The molecule has 2 heterocycles. The van der Waals surface area contributed by atoms with Crippen LogP contribution >= 0.6 is 0 Å². The van der Waals surface area contributed by atoms with Crippen LogP contribution in [-0.2, 0) is 13.6 Å². The van der Waals surface area contributed by atoms with Gasteiger partial charge in [-0.3, -0.25) is 14.0 Å². The standard InChI is InChI=1S/C13H13N5O/c1-17-12-10(6-16-17)13(19)18(8-15-12)7-9-4-2-3-5-11(9)14/h2-6,8H,7,14H2,1H3. The van der Waals surface area contributed by atoms with Gasteiger partial charge in [0.1, 0.15) is 11.7 Å². The van der Waals surface area contributed by atoms with Crippen LogP contribution in [0.2, 0.25) is 0 Å². The Kier molecular flexibility index (Phi) is 2.56. The summed E-state index contributed by atoms with van der Waals surface area (Å²) in [6.07, 6.45) is 3.06. The number of nitrogens with two attached hydrogens (primary N) is 1. The lowest BCUT2D eigenvalue weighted by Gasteiger charge is -2.07. The number of nitrogens with zero attached hydrogens (tertiary/aromatic N) is 4. The third-order valence-electron chi connectivity index (χ3n) is 3.11. The molecule has 19 heavy (non-hydrogen) atoms. The maximum atomic E-state index is 12.3. The number of benzene rings is 1. The van der Waals surface area contributed by atoms with Gasteiger partial charge in [-0.25, -0.2) is 4.98 Å². The Labute approximate surface area is 109 Å². The minimum atomic E-state index is -0.110. The van der Waals surface area contributed by atoms with E-state index in [1.165, 1.54) is 17.1 Å². The molecule has 0 aliphatic carbocycles. The number of aromatic nitrogens is 4. The van der Waals surface area contributed by atoms with Crippen LogP contribution in [0.3, 0.4) is 0 Å². The van der Waals surface area contributed by atoms with Crippen molar-refractivity contribution in [2.75, 3.05) is 5.73 Å². The van der Waals surface area contributed by atoms with Gasteiger partial charge < -0.3 is 5.73 Å². The first kappa shape index (κ1) is 11.5. The van der Waals surface area contributed by atoms with E-state index in [1.807, 2.05) is 24.3 Å². The number of para-hydroxylation sites is 1. The lowest BCUT2D eigenvalue weighted by atomic mass is 10.2. The topological polar surface area (TPSA) is 78.7 Å². The Balaban J connectivity index is 2.09. The summed E-state index contributed by atoms with van der Waals surface area (Å²) < 4.78 is 3.12. The van der Waals surface area contributed by atoms with E-state index in [2.05, 4.69) is 10.1 Å². The molecular weight excluding hydrogens is 242 g/mol. The lowest BCUT2D eigenvalue weighted by molar-refractivity contribution is 0.738. The summed E-state index contributed by atoms with van der Waals surface area (Å²) in [6.45, 7) is 0.406. The van der Waals surface area contributed by atoms with E-state index >= 15 is 0 Å². The molecule has 3 aromatic rings. The first-order valence-electron chi connectivity index (χ1n) is 5.87. The van der Waals surface area contributed by atoms with Crippen molar-refractivity contribution in [1.82, 2.24) is 19.3 Å². The van der Waals surface area contributed by atoms with Gasteiger partial charge in [-0.15, -0.1) is 0 Å². The predicted molar refractivity (Wildman–Crippen MR) is 72.7 cm³/mol. The second kappa shape index (κ2) is 4.24. The van der Waals surface area contributed by atoms with E-state index in [0.717, 1.165) is 5.56 Å². The van der Waals surface area contributed by atoms with Crippen LogP contribution in [0.15, 0.2) is 41.6 Å². The third-order valence-corrected chi connectivity index (χ3v) is 3.11. The summed E-state index contributed by atoms with van der Waals surface area (Å²) in [5.41, 5.74) is 7.92. The van der Waals surface area contributed by atoms with Crippen molar-refractivity contribution in [3.63, 3.8) is 0 Å². The molecule has 0 fully saturated rings. The molecule has 1 aromatic carbocycles. The third kappa shape index (κ3) is 1.87. The van der Waals surface area contributed by atoms with E-state index in [-0.39, 0.29) is 5.56 Å². The van der Waals surface area contributed by atoms with E-state index < -0.39 is 0 Å². The van der Waals surface area contributed by atoms with Crippen LogP contribution < -0.4 is 11.3 Å². The second-order valence-electron chi connectivity index (χ2n) is 4.38. The molecule has 0 radical (unpaired) electrons. The van der Waals surface area contributed by atoms with Crippen molar-refractivity contribution in [2.24, 2.45) is 7.05 Å². The van der Waals surface area contributed by atoms with Gasteiger partial charge in [0.15, 0.2) is 5.65 Å². The maximum absolute atomic E-state index is 12.3. The normalized spacial score (nSPS) is 11.0. The van der Waals surface area contributed by atoms with Gasteiger partial charge in [0, 0.05) is 12.7 Å². The highest BCUT2D eigenvalue weighted by atomic mass is 16.1. The largest absolute Gasteiger partial charge is 0.398 e. The van der Waals surface area contributed by atoms with Gasteiger partial charge in [0.25, 0.3) is 5.56 Å². The molecule has 6 nitrogen and oxygen atoms in total. The predicted octanol–water partition coefficient (Wildman–Crippen LogP) is 0.760. The molecule has 0 amide bonds. The molecule has 0 saturated heterocycles. The zero-order valence-electron chi connectivity index (χ0n) is 10.4. The van der Waals surface area contributed by atoms with Crippen molar-refractivity contribution >= 4 is 16.7 Å². The number of anilines is 1. The van der Waals surface area contributed by atoms with Crippen molar-refractivity contribution in [1.29, 1.82) is 0 Å². The van der Waals surface area contributed by atoms with Crippen LogP contribution in [0, 0.1) is 0 Å². The minimum Gasteiger partial charge on any atom is -0.398 e. The molecule has 2 aromatic heterocycles. The number of aryl methyl sites for hydroxylation is 1. The molecule has 6 heteroatoms. The molecule has 96 valence electrons. The van der Waals surface area contributed by atoms with Gasteiger partial charge in [0.05, 0.1) is 12.7 Å². The Bertz CT molecular complexity index is 802. The summed E-state index contributed by atoms with van der Waals surface area (Å²) in [4.78, 5) is 16.5. The molecule has 0 unspecified atom stereocenters. The Morgan fingerprint density at radius 3 is 2.89 bits per heavy atom. The number of hydrogen-bond acceptors (Lipinski definition) is 4. The van der Waals surface area contributed by atoms with Crippen LogP contribution in [0.1, 0.15) is 5.56 Å². The van der Waals surface area contributed by atoms with Crippen molar-refractivity contribution in [3.05, 3.63) is 52.7 Å². The van der Waals surface area contributed by atoms with Crippen LogP contribution in [0.5, 0.6) is 0 Å². The summed E-state index contributed by atoms with van der Waals surface area (Å²) in [5, 5.41) is 4.55. The molecule has 2 N–H and O–H groups in total. The fourth-order valence-corrected chi connectivity index (χ4v) is 2.04. The SMILES string of the molecule is Cn1ncc2c(=O)n(Cc3ccccc3N)cnc21. The number of nitrogen functional groups attached to an aromatic ring is 1. The average Bonchev–Trinajstić information content (AvgIpc) is 2.78. The van der Waals surface area contributed by atoms with Crippen molar-refractivity contribution in [3.8, 4) is 0 Å². The zero-order valence-corrected chi connectivity index (χ0v) is 10.4. The van der Waals surface area contributed by atoms with Gasteiger partial charge in [0.2, 0.25) is 0 Å². The Morgan fingerprint density at radius 1 is 1.32 bits per heavy atom. The van der Waals surface area contributed by atoms with Crippen molar-refractivity contribution in [2.45, 2.75) is 6.54 Å². The molecule has 0 atom stereocenters. The number of hydrogen-bond donors (Lipinski definition) is 1. The number of fused-ring (bicyclic) bond motifs is 1. The molecule has 3 rings (SSSR count). The molecule has 0 bridgehead atoms. The smallest absolute Gasteiger partial charge is 0.264 e. The van der Waals surface area contributed by atoms with Gasteiger partial charge in [-0.2, -0.15) is 5.10 Å². The molecule has 0 aliphatic heterocycles. The average molecular weight is 255 g/mol. The van der Waals surface area contributed by atoms with Gasteiger partial charge >= 0.3 is 0 Å². The highest BCUT2D eigenvalue weighted by molar-refractivity contribution is 5.72. The fraction of sp³-hybridized carbons (Fsp3) is 0.154. The van der Waals surface area contributed by atoms with Crippen LogP contribution in [0.25, 0.3) is 11.0 Å². The number of rotatable bonds is 2. The highest BCUT2D eigenvalue weighted by Gasteiger charge is 2.08. The summed E-state index contributed by atoms with van der Waals surface area (Å²) >= 11 is 0. The quantitative estimate of drug-likeness (QED) is 0.686. The minimum absolute atomic E-state index is 0.110. The monoisotopic (exact) mass is 255 g/mol. The molecule has 0 spiro atoms. The van der Waals surface area contributed by atoms with E-state index in [9.17, 15) is 4.79 Å². The van der Waals surface area contributed by atoms with Crippen LogP contribution in [0.4, 0.5) is 5.69 Å². The van der Waals surface area contributed by atoms with Crippen molar-refractivity contribution < 1.29 is 0 Å². The molecule has 0 aliphatic rings. The maximum Gasteiger partial charge on any atom is 0.264 e. The van der Waals surface area contributed by atoms with Crippen LogP contribution in [-0.4, -0.2) is 19.3 Å². The Morgan fingerprint density at radius 2 is 2.11 bits per heavy atom. The summed E-state index contributed by atoms with van der Waals surface area (Å²) in [5.74, 6) is 0. The molecule has 0 saturated carbocycles. The second-order valence-corrected chi connectivity index (χ2v) is 4.38. The highest BCUT2D eigenvalue weighted by Crippen LogP contribution is 2.12.